The maximum absolute atomic E-state index is 13.8. The quantitative estimate of drug-likeness (QED) is 0.873. The number of nitrogens with zero attached hydrogens (tertiary/aromatic N) is 1. The molecule has 17 heavy (non-hydrogen) atoms. The van der Waals surface area contributed by atoms with Gasteiger partial charge in [0.05, 0.1) is 0 Å². The fourth-order valence-electron chi connectivity index (χ4n) is 2.64. The molecule has 1 aliphatic rings. The Morgan fingerprint density at radius 1 is 1.35 bits per heavy atom. The Kier molecular flexibility index (Phi) is 4.00. The van der Waals surface area contributed by atoms with Crippen molar-refractivity contribution < 1.29 is 9.50 Å². The third-order valence-electron chi connectivity index (χ3n) is 3.58. The summed E-state index contributed by atoms with van der Waals surface area (Å²) in [6.45, 7) is 5.39. The lowest BCUT2D eigenvalue weighted by atomic mass is 9.89. The fraction of sp³-hybridized carbons (Fsp3) is 0.571. The molecule has 3 heteroatoms. The number of hydrogen-bond donors (Lipinski definition) is 1. The summed E-state index contributed by atoms with van der Waals surface area (Å²) in [7, 11) is 0. The summed E-state index contributed by atoms with van der Waals surface area (Å²) in [5, 5.41) is 9.38. The van der Waals surface area contributed by atoms with E-state index in [0.29, 0.717) is 5.56 Å². The summed E-state index contributed by atoms with van der Waals surface area (Å²) < 4.78 is 13.8. The molecular weight excluding hydrogens is 217 g/mol. The van der Waals surface area contributed by atoms with Gasteiger partial charge in [-0.2, -0.15) is 0 Å². The van der Waals surface area contributed by atoms with E-state index in [9.17, 15) is 9.50 Å². The van der Waals surface area contributed by atoms with Gasteiger partial charge in [-0.3, -0.25) is 0 Å². The molecule has 2 nitrogen and oxygen atoms in total. The number of likely N-dealkylation sites (tertiary alicyclic amines) is 1. The lowest BCUT2D eigenvalue weighted by Gasteiger charge is -2.32. The Morgan fingerprint density at radius 2 is 2.06 bits per heavy atom. The van der Waals surface area contributed by atoms with E-state index in [4.69, 9.17) is 0 Å². The molecule has 1 N–H and O–H groups in total. The lowest BCUT2D eigenvalue weighted by molar-refractivity contribution is 0.211. The molecule has 0 spiro atoms. The van der Waals surface area contributed by atoms with Crippen LogP contribution in [0, 0.1) is 5.82 Å². The summed E-state index contributed by atoms with van der Waals surface area (Å²) in [6.07, 6.45) is 3.14. The molecule has 1 heterocycles. The number of hydrogen-bond acceptors (Lipinski definition) is 2. The highest BCUT2D eigenvalue weighted by Gasteiger charge is 2.23. The Labute approximate surface area is 102 Å². The van der Waals surface area contributed by atoms with Gasteiger partial charge in [0.2, 0.25) is 0 Å². The first-order valence-electron chi connectivity index (χ1n) is 6.42. The molecule has 1 aromatic rings. The van der Waals surface area contributed by atoms with Gasteiger partial charge < -0.3 is 10.0 Å². The average Bonchev–Trinajstić information content (AvgIpc) is 2.34. The predicted octanol–water partition coefficient (Wildman–Crippen LogP) is 3.12. The zero-order valence-corrected chi connectivity index (χ0v) is 10.3. The fourth-order valence-corrected chi connectivity index (χ4v) is 2.64. The van der Waals surface area contributed by atoms with Gasteiger partial charge in [0.1, 0.15) is 0 Å². The molecule has 0 aromatic heterocycles. The van der Waals surface area contributed by atoms with Crippen molar-refractivity contribution >= 4 is 0 Å². The van der Waals surface area contributed by atoms with Crippen LogP contribution >= 0.6 is 0 Å². The molecule has 1 fully saturated rings. The topological polar surface area (TPSA) is 23.5 Å². The van der Waals surface area contributed by atoms with Gasteiger partial charge in [-0.1, -0.05) is 19.1 Å². The Morgan fingerprint density at radius 3 is 2.71 bits per heavy atom. The van der Waals surface area contributed by atoms with Crippen LogP contribution < -0.4 is 0 Å². The summed E-state index contributed by atoms with van der Waals surface area (Å²) in [4.78, 5) is 2.43. The van der Waals surface area contributed by atoms with Crippen LogP contribution in [0.25, 0.3) is 0 Å². The van der Waals surface area contributed by atoms with Crippen LogP contribution in [0.3, 0.4) is 0 Å². The number of phenolic OH excluding ortho intramolecular Hbond substituents is 1. The highest BCUT2D eigenvalue weighted by atomic mass is 19.1. The second-order valence-electron chi connectivity index (χ2n) is 4.80. The second-order valence-corrected chi connectivity index (χ2v) is 4.80. The molecule has 0 aliphatic carbocycles. The van der Waals surface area contributed by atoms with Crippen molar-refractivity contribution in [3.63, 3.8) is 0 Å². The van der Waals surface area contributed by atoms with E-state index in [1.807, 2.05) is 0 Å². The lowest BCUT2D eigenvalue weighted by Crippen LogP contribution is -2.33. The molecule has 2 rings (SSSR count). The van der Waals surface area contributed by atoms with Crippen molar-refractivity contribution in [3.05, 3.63) is 29.6 Å². The van der Waals surface area contributed by atoms with E-state index in [1.165, 1.54) is 12.5 Å². The zero-order chi connectivity index (χ0) is 12.3. The second kappa shape index (κ2) is 5.50. The number of benzene rings is 1. The van der Waals surface area contributed by atoms with E-state index < -0.39 is 5.82 Å². The number of piperidine rings is 1. The van der Waals surface area contributed by atoms with Gasteiger partial charge in [0, 0.05) is 0 Å². The van der Waals surface area contributed by atoms with Gasteiger partial charge >= 0.3 is 0 Å². The van der Waals surface area contributed by atoms with Crippen LogP contribution in [0.1, 0.15) is 37.7 Å². The Hall–Kier alpha value is -1.09. The minimum absolute atomic E-state index is 0.224. The van der Waals surface area contributed by atoms with E-state index in [1.54, 1.807) is 12.1 Å². The Balaban J connectivity index is 2.03. The molecule has 0 saturated carbocycles. The maximum atomic E-state index is 13.8. The highest BCUT2D eigenvalue weighted by Crippen LogP contribution is 2.32. The third-order valence-corrected chi connectivity index (χ3v) is 3.58. The molecular formula is C14H20FNO. The van der Waals surface area contributed by atoms with E-state index >= 15 is 0 Å². The maximum Gasteiger partial charge on any atom is 0.168 e. The van der Waals surface area contributed by atoms with Crippen molar-refractivity contribution in [2.24, 2.45) is 0 Å². The number of phenols is 1. The largest absolute Gasteiger partial charge is 0.505 e. The van der Waals surface area contributed by atoms with Crippen molar-refractivity contribution in [2.75, 3.05) is 19.6 Å². The van der Waals surface area contributed by atoms with Gasteiger partial charge in [0.25, 0.3) is 0 Å². The molecule has 0 bridgehead atoms. The average molecular weight is 237 g/mol. The summed E-state index contributed by atoms with van der Waals surface area (Å²) in [5.74, 6) is -0.393. The van der Waals surface area contributed by atoms with Gasteiger partial charge in [-0.25, -0.2) is 4.39 Å². The minimum atomic E-state index is -0.429. The summed E-state index contributed by atoms with van der Waals surface area (Å²) >= 11 is 0. The van der Waals surface area contributed by atoms with Crippen LogP contribution in [-0.2, 0) is 0 Å². The van der Waals surface area contributed by atoms with Gasteiger partial charge in [0.15, 0.2) is 11.6 Å². The molecule has 1 aliphatic heterocycles. The number of aromatic hydroxyl groups is 1. The van der Waals surface area contributed by atoms with Crippen LogP contribution in [-0.4, -0.2) is 29.6 Å². The van der Waals surface area contributed by atoms with Crippen molar-refractivity contribution in [3.8, 4) is 5.75 Å². The van der Waals surface area contributed by atoms with Crippen LogP contribution in [0.15, 0.2) is 18.2 Å². The first-order chi connectivity index (χ1) is 8.22. The van der Waals surface area contributed by atoms with Crippen LogP contribution in [0.4, 0.5) is 4.39 Å². The predicted molar refractivity (Wildman–Crippen MR) is 66.8 cm³/mol. The van der Waals surface area contributed by atoms with Crippen molar-refractivity contribution in [2.45, 2.75) is 32.1 Å². The van der Waals surface area contributed by atoms with Gasteiger partial charge in [-0.05, 0) is 56.4 Å². The molecule has 94 valence electrons. The van der Waals surface area contributed by atoms with Crippen molar-refractivity contribution in [1.29, 1.82) is 0 Å². The normalized spacial score (nSPS) is 18.5. The van der Waals surface area contributed by atoms with Crippen LogP contribution in [0.5, 0.6) is 5.75 Å². The molecule has 0 atom stereocenters. The molecule has 1 saturated heterocycles. The zero-order valence-electron chi connectivity index (χ0n) is 10.3. The molecule has 0 unspecified atom stereocenters. The standard InChI is InChI=1S/C14H20FNO/c1-2-8-16-9-6-11(7-10-16)12-4-3-5-13(17)14(12)15/h3-5,11,17H,2,6-10H2,1H3. The third kappa shape index (κ3) is 2.78. The van der Waals surface area contributed by atoms with E-state index in [-0.39, 0.29) is 11.7 Å². The molecule has 1 aromatic carbocycles. The molecule has 0 radical (unpaired) electrons. The number of rotatable bonds is 3. The SMILES string of the molecule is CCCN1CCC(c2cccc(O)c2F)CC1. The molecule has 0 amide bonds. The van der Waals surface area contributed by atoms with Gasteiger partial charge in [-0.15, -0.1) is 0 Å². The highest BCUT2D eigenvalue weighted by molar-refractivity contribution is 5.32. The minimum Gasteiger partial charge on any atom is -0.505 e. The smallest absolute Gasteiger partial charge is 0.168 e. The monoisotopic (exact) mass is 237 g/mol. The Bertz CT molecular complexity index is 372. The number of halogens is 1. The van der Waals surface area contributed by atoms with Crippen LogP contribution in [0.2, 0.25) is 0 Å². The first kappa shape index (κ1) is 12.4. The van der Waals surface area contributed by atoms with E-state index in [2.05, 4.69) is 11.8 Å². The van der Waals surface area contributed by atoms with E-state index in [0.717, 1.165) is 32.5 Å². The van der Waals surface area contributed by atoms with Crippen molar-refractivity contribution in [1.82, 2.24) is 4.90 Å². The summed E-state index contributed by atoms with van der Waals surface area (Å²) in [6, 6.07) is 4.94. The first-order valence-corrected chi connectivity index (χ1v) is 6.42. The summed E-state index contributed by atoms with van der Waals surface area (Å²) in [5.41, 5.74) is 0.682.